The Bertz CT molecular complexity index is 980. The molecule has 0 radical (unpaired) electrons. The van der Waals surface area contributed by atoms with Crippen LogP contribution in [0.3, 0.4) is 0 Å². The second-order valence-electron chi connectivity index (χ2n) is 8.29. The van der Waals surface area contributed by atoms with Crippen molar-refractivity contribution in [3.63, 3.8) is 0 Å². The van der Waals surface area contributed by atoms with Gasteiger partial charge in [0.2, 0.25) is 0 Å². The summed E-state index contributed by atoms with van der Waals surface area (Å²) in [5.74, 6) is 0. The monoisotopic (exact) mass is 448 g/mol. The average molecular weight is 449 g/mol. The minimum absolute atomic E-state index is 0.0269. The largest absolute Gasteiger partial charge is 0.369 e. The molecule has 166 valence electrons. The van der Waals surface area contributed by atoms with Crippen molar-refractivity contribution in [3.05, 3.63) is 102 Å². The zero-order chi connectivity index (χ0) is 21.8. The van der Waals surface area contributed by atoms with Crippen LogP contribution in [0.5, 0.6) is 0 Å². The molecule has 0 N–H and O–H groups in total. The summed E-state index contributed by atoms with van der Waals surface area (Å²) < 4.78 is 25.3. The van der Waals surface area contributed by atoms with E-state index < -0.39 is 0 Å². The van der Waals surface area contributed by atoms with Gasteiger partial charge in [0.05, 0.1) is 25.1 Å². The van der Waals surface area contributed by atoms with E-state index in [0.29, 0.717) is 19.8 Å². The Morgan fingerprint density at radius 3 is 2.00 bits per heavy atom. The Kier molecular flexibility index (Phi) is 6.91. The molecule has 2 heterocycles. The molecule has 2 saturated heterocycles. The van der Waals surface area contributed by atoms with Crippen LogP contribution in [0.1, 0.15) is 16.7 Å². The number of hydrogen-bond acceptors (Lipinski definition) is 5. The van der Waals surface area contributed by atoms with Crippen LogP contribution in [-0.2, 0) is 32.2 Å². The van der Waals surface area contributed by atoms with Gasteiger partial charge in [-0.3, -0.25) is 0 Å². The molecule has 2 aliphatic heterocycles. The van der Waals surface area contributed by atoms with Gasteiger partial charge in [-0.15, -0.1) is 11.8 Å². The first-order valence-electron chi connectivity index (χ1n) is 11.1. The Labute approximate surface area is 193 Å². The highest BCUT2D eigenvalue weighted by Gasteiger charge is 2.52. The van der Waals surface area contributed by atoms with Crippen molar-refractivity contribution in [1.29, 1.82) is 0 Å². The highest BCUT2D eigenvalue weighted by Crippen LogP contribution is 2.41. The van der Waals surface area contributed by atoms with Crippen LogP contribution < -0.4 is 0 Å². The Balaban J connectivity index is 1.37. The maximum absolute atomic E-state index is 6.55. The molecule has 0 spiro atoms. The van der Waals surface area contributed by atoms with Crippen molar-refractivity contribution in [2.45, 2.75) is 54.9 Å². The second-order valence-corrected chi connectivity index (χ2v) is 9.55. The normalized spacial score (nSPS) is 26.8. The number of aryl methyl sites for hydroxylation is 1. The van der Waals surface area contributed by atoms with E-state index in [1.165, 1.54) is 10.5 Å². The van der Waals surface area contributed by atoms with Gasteiger partial charge in [-0.25, -0.2) is 0 Å². The molecule has 0 amide bonds. The molecule has 3 aromatic rings. The Morgan fingerprint density at radius 2 is 1.38 bits per heavy atom. The van der Waals surface area contributed by atoms with Gasteiger partial charge in [0.1, 0.15) is 18.3 Å². The summed E-state index contributed by atoms with van der Waals surface area (Å²) in [7, 11) is 0. The zero-order valence-corrected chi connectivity index (χ0v) is 18.9. The number of ether oxygens (including phenoxy) is 4. The number of hydrogen-bond donors (Lipinski definition) is 0. The van der Waals surface area contributed by atoms with E-state index >= 15 is 0 Å². The Morgan fingerprint density at radius 1 is 0.781 bits per heavy atom. The molecule has 4 nitrogen and oxygen atoms in total. The van der Waals surface area contributed by atoms with Crippen molar-refractivity contribution in [2.75, 3.05) is 6.61 Å². The molecule has 2 bridgehead atoms. The van der Waals surface area contributed by atoms with Crippen LogP contribution >= 0.6 is 11.8 Å². The van der Waals surface area contributed by atoms with Crippen molar-refractivity contribution >= 4 is 11.8 Å². The number of benzene rings is 3. The average Bonchev–Trinajstić information content (AvgIpc) is 3.27. The van der Waals surface area contributed by atoms with Gasteiger partial charge in [0.25, 0.3) is 0 Å². The summed E-state index contributed by atoms with van der Waals surface area (Å²) >= 11 is 1.75. The minimum atomic E-state index is -0.302. The van der Waals surface area contributed by atoms with Crippen molar-refractivity contribution in [1.82, 2.24) is 0 Å². The lowest BCUT2D eigenvalue weighted by Crippen LogP contribution is -2.54. The van der Waals surface area contributed by atoms with Crippen LogP contribution in [0, 0.1) is 6.92 Å². The quantitative estimate of drug-likeness (QED) is 0.462. The lowest BCUT2D eigenvalue weighted by atomic mass is 10.0. The molecule has 0 unspecified atom stereocenters. The number of thioether (sulfide) groups is 1. The van der Waals surface area contributed by atoms with Crippen molar-refractivity contribution < 1.29 is 18.9 Å². The first-order chi connectivity index (χ1) is 15.8. The highest BCUT2D eigenvalue weighted by molar-refractivity contribution is 8.00. The first kappa shape index (κ1) is 21.7. The Hall–Kier alpha value is -2.15. The van der Waals surface area contributed by atoms with Crippen LogP contribution in [0.15, 0.2) is 89.8 Å². The third-order valence-electron chi connectivity index (χ3n) is 5.88. The molecule has 5 heteroatoms. The molecule has 32 heavy (non-hydrogen) atoms. The lowest BCUT2D eigenvalue weighted by Gasteiger charge is -2.40. The van der Waals surface area contributed by atoms with Gasteiger partial charge >= 0.3 is 0 Å². The standard InChI is InChI=1S/C27H28O4S/c1-19-12-14-22(15-13-19)32-26-25(29-17-21-10-6-3-7-11-21)24(23-18-30-27(26)31-23)28-16-20-8-4-2-5-9-20/h2-15,23-27H,16-18H2,1H3/t23-,24-,25+,26-,27-/m1/s1. The molecule has 0 aliphatic carbocycles. The fraction of sp³-hybridized carbons (Fsp3) is 0.333. The van der Waals surface area contributed by atoms with Gasteiger partial charge < -0.3 is 18.9 Å². The van der Waals surface area contributed by atoms with Gasteiger partial charge in [-0.05, 0) is 30.2 Å². The summed E-state index contributed by atoms with van der Waals surface area (Å²) in [4.78, 5) is 1.17. The molecule has 0 aromatic heterocycles. The van der Waals surface area contributed by atoms with Crippen molar-refractivity contribution in [2.24, 2.45) is 0 Å². The van der Waals surface area contributed by atoms with E-state index in [2.05, 4.69) is 55.5 Å². The molecule has 2 fully saturated rings. The highest BCUT2D eigenvalue weighted by atomic mass is 32.2. The number of rotatable bonds is 8. The maximum Gasteiger partial charge on any atom is 0.173 e. The van der Waals surface area contributed by atoms with Gasteiger partial charge in [-0.2, -0.15) is 0 Å². The van der Waals surface area contributed by atoms with Crippen LogP contribution in [0.25, 0.3) is 0 Å². The summed E-state index contributed by atoms with van der Waals surface area (Å²) in [5.41, 5.74) is 3.53. The maximum atomic E-state index is 6.55. The van der Waals surface area contributed by atoms with E-state index in [1.54, 1.807) is 11.8 Å². The topological polar surface area (TPSA) is 36.9 Å². The summed E-state index contributed by atoms with van der Waals surface area (Å²) in [5, 5.41) is -0.0269. The fourth-order valence-electron chi connectivity index (χ4n) is 4.16. The van der Waals surface area contributed by atoms with Gasteiger partial charge in [0.15, 0.2) is 6.29 Å². The van der Waals surface area contributed by atoms with E-state index in [-0.39, 0.29) is 29.9 Å². The SMILES string of the molecule is Cc1ccc(S[C@H]2[C@@H]3OC[C@@H](O3)[C@@H](OCc3ccccc3)[C@@H]2OCc2ccccc2)cc1. The fourth-order valence-corrected chi connectivity index (χ4v) is 5.39. The van der Waals surface area contributed by atoms with Gasteiger partial charge in [-0.1, -0.05) is 78.4 Å². The lowest BCUT2D eigenvalue weighted by molar-refractivity contribution is -0.197. The van der Waals surface area contributed by atoms with Crippen LogP contribution in [0.2, 0.25) is 0 Å². The van der Waals surface area contributed by atoms with Crippen LogP contribution in [0.4, 0.5) is 0 Å². The molecule has 5 atom stereocenters. The molecule has 0 saturated carbocycles. The van der Waals surface area contributed by atoms with E-state index in [4.69, 9.17) is 18.9 Å². The molecule has 3 aromatic carbocycles. The van der Waals surface area contributed by atoms with E-state index in [1.807, 2.05) is 36.4 Å². The molecule has 5 rings (SSSR count). The van der Waals surface area contributed by atoms with E-state index in [0.717, 1.165) is 11.1 Å². The summed E-state index contributed by atoms with van der Waals surface area (Å²) in [6.07, 6.45) is -0.792. The minimum Gasteiger partial charge on any atom is -0.369 e. The van der Waals surface area contributed by atoms with E-state index in [9.17, 15) is 0 Å². The van der Waals surface area contributed by atoms with Crippen molar-refractivity contribution in [3.8, 4) is 0 Å². The number of fused-ring (bicyclic) bond motifs is 2. The van der Waals surface area contributed by atoms with Crippen LogP contribution in [-0.4, -0.2) is 36.5 Å². The third-order valence-corrected chi connectivity index (χ3v) is 7.19. The zero-order valence-electron chi connectivity index (χ0n) is 18.1. The smallest absolute Gasteiger partial charge is 0.173 e. The predicted octanol–water partition coefficient (Wildman–Crippen LogP) is 5.38. The molecule has 2 aliphatic rings. The molecular formula is C27H28O4S. The molecular weight excluding hydrogens is 420 g/mol. The summed E-state index contributed by atoms with van der Waals surface area (Å²) in [6, 6.07) is 29.1. The van der Waals surface area contributed by atoms with Gasteiger partial charge in [0, 0.05) is 4.90 Å². The third kappa shape index (κ3) is 5.08. The summed E-state index contributed by atoms with van der Waals surface area (Å²) in [6.45, 7) is 3.67. The second kappa shape index (κ2) is 10.2. The predicted molar refractivity (Wildman–Crippen MR) is 125 cm³/mol. The first-order valence-corrected chi connectivity index (χ1v) is 12.0.